The molecule has 1 saturated carbocycles. The lowest BCUT2D eigenvalue weighted by Gasteiger charge is -2.34. The number of aromatic nitrogens is 2. The van der Waals surface area contributed by atoms with E-state index in [1.165, 1.54) is 12.3 Å². The number of anilines is 2. The van der Waals surface area contributed by atoms with Crippen molar-refractivity contribution in [2.24, 2.45) is 13.0 Å². The molecular formula is C25H25F2N3O4. The van der Waals surface area contributed by atoms with Crippen LogP contribution >= 0.6 is 0 Å². The first-order chi connectivity index (χ1) is 16.2. The SMILES string of the molecule is Cc1cc2c(N3CCCc4ncc(C(F)F)cc43)cc(OC3CC(C(=O)O)C3)cc2n(C)c1=O. The van der Waals surface area contributed by atoms with Gasteiger partial charge in [-0.2, -0.15) is 0 Å². The van der Waals surface area contributed by atoms with Crippen molar-refractivity contribution in [1.29, 1.82) is 0 Å². The molecule has 1 aromatic carbocycles. The second kappa shape index (κ2) is 8.38. The number of rotatable bonds is 5. The molecule has 3 heterocycles. The van der Waals surface area contributed by atoms with Crippen LogP contribution in [-0.4, -0.2) is 33.3 Å². The lowest BCUT2D eigenvalue weighted by atomic mass is 9.82. The number of halogens is 2. The molecule has 2 aromatic heterocycles. The van der Waals surface area contributed by atoms with Gasteiger partial charge >= 0.3 is 5.97 Å². The van der Waals surface area contributed by atoms with Crippen LogP contribution in [0, 0.1) is 12.8 Å². The van der Waals surface area contributed by atoms with Crippen molar-refractivity contribution in [1.82, 2.24) is 9.55 Å². The minimum atomic E-state index is -2.63. The maximum atomic E-state index is 13.5. The summed E-state index contributed by atoms with van der Waals surface area (Å²) in [5.41, 5.74) is 3.08. The monoisotopic (exact) mass is 469 g/mol. The summed E-state index contributed by atoms with van der Waals surface area (Å²) in [5.74, 6) is -0.728. The number of hydrogen-bond donors (Lipinski definition) is 1. The normalized spacial score (nSPS) is 19.7. The molecule has 0 saturated heterocycles. The predicted octanol–water partition coefficient (Wildman–Crippen LogP) is 4.51. The zero-order valence-electron chi connectivity index (χ0n) is 18.9. The number of ether oxygens (including phenoxy) is 1. The van der Waals surface area contributed by atoms with Crippen molar-refractivity contribution in [3.63, 3.8) is 0 Å². The molecule has 1 aliphatic carbocycles. The zero-order valence-corrected chi connectivity index (χ0v) is 18.9. The molecule has 34 heavy (non-hydrogen) atoms. The number of aryl methyl sites for hydroxylation is 3. The standard InChI is InChI=1S/C25H25F2N3O4/c1-13-6-18-20(29(2)24(13)31)10-17(34-16-7-14(8-16)25(32)33)11-21(18)30-5-3-4-19-22(30)9-15(12-28-19)23(26)27/h6,9-12,14,16,23H,3-5,7-8H2,1-2H3,(H,32,33). The molecule has 0 atom stereocenters. The number of aliphatic carboxylic acids is 1. The Morgan fingerprint density at radius 2 is 1.97 bits per heavy atom. The molecule has 1 fully saturated rings. The molecule has 0 radical (unpaired) electrons. The third kappa shape index (κ3) is 3.78. The number of carboxylic acids is 1. The van der Waals surface area contributed by atoms with E-state index < -0.39 is 18.3 Å². The minimum absolute atomic E-state index is 0.133. The van der Waals surface area contributed by atoms with Gasteiger partial charge < -0.3 is 19.3 Å². The van der Waals surface area contributed by atoms with E-state index in [4.69, 9.17) is 9.84 Å². The van der Waals surface area contributed by atoms with Crippen molar-refractivity contribution < 1.29 is 23.4 Å². The van der Waals surface area contributed by atoms with Gasteiger partial charge in [0.05, 0.1) is 28.5 Å². The van der Waals surface area contributed by atoms with Crippen LogP contribution in [0.2, 0.25) is 0 Å². The largest absolute Gasteiger partial charge is 0.490 e. The quantitative estimate of drug-likeness (QED) is 0.592. The summed E-state index contributed by atoms with van der Waals surface area (Å²) in [4.78, 5) is 30.1. The first-order valence-corrected chi connectivity index (χ1v) is 11.3. The third-order valence-corrected chi connectivity index (χ3v) is 6.82. The van der Waals surface area contributed by atoms with E-state index in [0.717, 1.165) is 23.2 Å². The number of pyridine rings is 2. The molecule has 178 valence electrons. The Kier molecular flexibility index (Phi) is 5.50. The fraction of sp³-hybridized carbons (Fsp3) is 0.400. The van der Waals surface area contributed by atoms with Crippen molar-refractivity contribution in [2.75, 3.05) is 11.4 Å². The second-order valence-electron chi connectivity index (χ2n) is 9.10. The Hall–Kier alpha value is -3.49. The van der Waals surface area contributed by atoms with Crippen LogP contribution in [0.5, 0.6) is 5.75 Å². The third-order valence-electron chi connectivity index (χ3n) is 6.82. The molecule has 0 spiro atoms. The van der Waals surface area contributed by atoms with Gasteiger partial charge in [0.15, 0.2) is 0 Å². The predicted molar refractivity (Wildman–Crippen MR) is 123 cm³/mol. The first kappa shape index (κ1) is 22.3. The smallest absolute Gasteiger partial charge is 0.306 e. The average molecular weight is 469 g/mol. The fourth-order valence-corrected chi connectivity index (χ4v) is 4.84. The summed E-state index contributed by atoms with van der Waals surface area (Å²) < 4.78 is 34.6. The molecule has 0 amide bonds. The van der Waals surface area contributed by atoms with Crippen LogP contribution in [-0.2, 0) is 18.3 Å². The molecular weight excluding hydrogens is 444 g/mol. The van der Waals surface area contributed by atoms with Crippen LogP contribution in [0.4, 0.5) is 20.2 Å². The number of hydrogen-bond acceptors (Lipinski definition) is 5. The summed E-state index contributed by atoms with van der Waals surface area (Å²) in [5, 5.41) is 9.97. The summed E-state index contributed by atoms with van der Waals surface area (Å²) in [6.45, 7) is 2.35. The van der Waals surface area contributed by atoms with E-state index in [1.807, 2.05) is 17.0 Å². The van der Waals surface area contributed by atoms with E-state index in [0.29, 0.717) is 48.3 Å². The van der Waals surface area contributed by atoms with E-state index in [2.05, 4.69) is 4.98 Å². The lowest BCUT2D eigenvalue weighted by molar-refractivity contribution is -0.147. The summed E-state index contributed by atoms with van der Waals surface area (Å²) in [6.07, 6.45) is 0.710. The molecule has 0 unspecified atom stereocenters. The van der Waals surface area contributed by atoms with E-state index in [-0.39, 0.29) is 17.2 Å². The second-order valence-corrected chi connectivity index (χ2v) is 9.10. The number of fused-ring (bicyclic) bond motifs is 2. The minimum Gasteiger partial charge on any atom is -0.490 e. The Balaban J connectivity index is 1.64. The number of carboxylic acid groups (broad SMARTS) is 1. The lowest BCUT2D eigenvalue weighted by Crippen LogP contribution is -2.38. The number of carbonyl (C=O) groups is 1. The fourth-order valence-electron chi connectivity index (χ4n) is 4.84. The average Bonchev–Trinajstić information content (AvgIpc) is 2.78. The maximum Gasteiger partial charge on any atom is 0.306 e. The van der Waals surface area contributed by atoms with E-state index in [9.17, 15) is 18.4 Å². The van der Waals surface area contributed by atoms with Gasteiger partial charge in [-0.15, -0.1) is 0 Å². The van der Waals surface area contributed by atoms with Gasteiger partial charge in [0.1, 0.15) is 11.9 Å². The molecule has 0 bridgehead atoms. The van der Waals surface area contributed by atoms with Gasteiger partial charge in [-0.25, -0.2) is 8.78 Å². The van der Waals surface area contributed by atoms with Crippen molar-refractivity contribution >= 4 is 28.2 Å². The highest BCUT2D eigenvalue weighted by Crippen LogP contribution is 2.41. The number of alkyl halides is 2. The molecule has 3 aromatic rings. The zero-order chi connectivity index (χ0) is 24.1. The van der Waals surface area contributed by atoms with Gasteiger partial charge in [0.2, 0.25) is 0 Å². The van der Waals surface area contributed by atoms with Gasteiger partial charge in [-0.1, -0.05) is 0 Å². The van der Waals surface area contributed by atoms with E-state index >= 15 is 0 Å². The number of benzene rings is 1. The molecule has 9 heteroatoms. The highest BCUT2D eigenvalue weighted by atomic mass is 19.3. The van der Waals surface area contributed by atoms with Crippen molar-refractivity contribution in [2.45, 2.75) is 45.1 Å². The Morgan fingerprint density at radius 1 is 1.21 bits per heavy atom. The molecule has 1 aliphatic heterocycles. The Morgan fingerprint density at radius 3 is 2.68 bits per heavy atom. The maximum absolute atomic E-state index is 13.5. The van der Waals surface area contributed by atoms with Crippen LogP contribution in [0.3, 0.4) is 0 Å². The van der Waals surface area contributed by atoms with E-state index in [1.54, 1.807) is 24.6 Å². The van der Waals surface area contributed by atoms with Crippen LogP contribution in [0.25, 0.3) is 10.9 Å². The molecule has 7 nitrogen and oxygen atoms in total. The van der Waals surface area contributed by atoms with Gasteiger partial charge in [0, 0.05) is 48.4 Å². The summed E-state index contributed by atoms with van der Waals surface area (Å²) in [6, 6.07) is 6.94. The topological polar surface area (TPSA) is 84.7 Å². The molecule has 2 aliphatic rings. The first-order valence-electron chi connectivity index (χ1n) is 11.3. The highest BCUT2D eigenvalue weighted by molar-refractivity contribution is 5.96. The van der Waals surface area contributed by atoms with Crippen LogP contribution < -0.4 is 15.2 Å². The van der Waals surface area contributed by atoms with Gasteiger partial charge in [0.25, 0.3) is 12.0 Å². The van der Waals surface area contributed by atoms with Crippen molar-refractivity contribution in [3.05, 3.63) is 57.6 Å². The van der Waals surface area contributed by atoms with Gasteiger partial charge in [-0.3, -0.25) is 14.6 Å². The van der Waals surface area contributed by atoms with Crippen LogP contribution in [0.1, 0.15) is 42.5 Å². The Labute approximate surface area is 194 Å². The Bertz CT molecular complexity index is 1350. The van der Waals surface area contributed by atoms with Crippen molar-refractivity contribution in [3.8, 4) is 5.75 Å². The summed E-state index contributed by atoms with van der Waals surface area (Å²) >= 11 is 0. The molecule has 5 rings (SSSR count). The van der Waals surface area contributed by atoms with Crippen LogP contribution in [0.15, 0.2) is 35.3 Å². The highest BCUT2D eigenvalue weighted by Gasteiger charge is 2.36. The summed E-state index contributed by atoms with van der Waals surface area (Å²) in [7, 11) is 1.69. The van der Waals surface area contributed by atoms with Gasteiger partial charge in [-0.05, 0) is 44.7 Å². The number of nitrogens with zero attached hydrogens (tertiary/aromatic N) is 3. The molecule has 1 N–H and O–H groups in total.